The Bertz CT molecular complexity index is 430. The van der Waals surface area contributed by atoms with Gasteiger partial charge in [0.05, 0.1) is 0 Å². The molecular formula is C14H19NO4. The van der Waals surface area contributed by atoms with Gasteiger partial charge in [-0.05, 0) is 17.9 Å². The van der Waals surface area contributed by atoms with Gasteiger partial charge in [0.1, 0.15) is 6.04 Å². The first kappa shape index (κ1) is 15.2. The number of aliphatic hydroxyl groups is 1. The van der Waals surface area contributed by atoms with Crippen molar-refractivity contribution in [3.05, 3.63) is 35.9 Å². The maximum atomic E-state index is 11.8. The molecule has 0 radical (unpaired) electrons. The fourth-order valence-corrected chi connectivity index (χ4v) is 1.73. The Morgan fingerprint density at radius 2 is 1.79 bits per heavy atom. The molecule has 0 saturated heterocycles. The van der Waals surface area contributed by atoms with Gasteiger partial charge in [-0.15, -0.1) is 0 Å². The summed E-state index contributed by atoms with van der Waals surface area (Å²) in [5, 5.41) is 21.2. The van der Waals surface area contributed by atoms with Crippen molar-refractivity contribution in [2.45, 2.75) is 32.4 Å². The first-order valence-corrected chi connectivity index (χ1v) is 6.18. The highest BCUT2D eigenvalue weighted by atomic mass is 16.4. The van der Waals surface area contributed by atoms with Crippen LogP contribution in [0.3, 0.4) is 0 Å². The number of carbonyl (C=O) groups is 2. The molecular weight excluding hydrogens is 246 g/mol. The van der Waals surface area contributed by atoms with E-state index >= 15 is 0 Å². The van der Waals surface area contributed by atoms with E-state index in [9.17, 15) is 14.7 Å². The third-order valence-corrected chi connectivity index (χ3v) is 2.69. The molecule has 0 aliphatic heterocycles. The van der Waals surface area contributed by atoms with Crippen LogP contribution in [0.2, 0.25) is 0 Å². The molecule has 0 spiro atoms. The molecule has 0 saturated carbocycles. The fraction of sp³-hybridized carbons (Fsp3) is 0.429. The van der Waals surface area contributed by atoms with E-state index in [4.69, 9.17) is 5.11 Å². The maximum absolute atomic E-state index is 11.8. The van der Waals surface area contributed by atoms with Gasteiger partial charge in [-0.2, -0.15) is 0 Å². The van der Waals surface area contributed by atoms with Crippen LogP contribution in [0.4, 0.5) is 0 Å². The van der Waals surface area contributed by atoms with Crippen molar-refractivity contribution in [1.82, 2.24) is 5.32 Å². The van der Waals surface area contributed by atoms with E-state index in [1.54, 1.807) is 30.3 Å². The molecule has 0 aliphatic rings. The van der Waals surface area contributed by atoms with Crippen LogP contribution in [-0.2, 0) is 9.59 Å². The Kier molecular flexibility index (Phi) is 5.51. The van der Waals surface area contributed by atoms with Crippen molar-refractivity contribution in [3.63, 3.8) is 0 Å². The van der Waals surface area contributed by atoms with E-state index in [1.165, 1.54) is 0 Å². The Balaban J connectivity index is 2.69. The van der Waals surface area contributed by atoms with Crippen molar-refractivity contribution >= 4 is 11.9 Å². The van der Waals surface area contributed by atoms with Crippen molar-refractivity contribution in [3.8, 4) is 0 Å². The molecule has 0 aliphatic carbocycles. The quantitative estimate of drug-likeness (QED) is 0.724. The van der Waals surface area contributed by atoms with E-state index in [0.29, 0.717) is 12.0 Å². The molecule has 0 unspecified atom stereocenters. The summed E-state index contributed by atoms with van der Waals surface area (Å²) in [6, 6.07) is 7.42. The van der Waals surface area contributed by atoms with Crippen LogP contribution in [0.15, 0.2) is 30.3 Å². The summed E-state index contributed by atoms with van der Waals surface area (Å²) in [5.74, 6) is -1.66. The van der Waals surface area contributed by atoms with Gasteiger partial charge in [-0.3, -0.25) is 4.79 Å². The normalized spacial score (nSPS) is 13.9. The molecule has 104 valence electrons. The Morgan fingerprint density at radius 3 is 2.26 bits per heavy atom. The molecule has 1 rings (SSSR count). The molecule has 2 atom stereocenters. The SMILES string of the molecule is CC(C)C[C@H](NC(=O)[C@H](O)c1ccccc1)C(=O)O. The molecule has 1 amide bonds. The van der Waals surface area contributed by atoms with E-state index < -0.39 is 24.0 Å². The molecule has 1 aromatic rings. The third-order valence-electron chi connectivity index (χ3n) is 2.69. The highest BCUT2D eigenvalue weighted by molar-refractivity contribution is 5.86. The van der Waals surface area contributed by atoms with Gasteiger partial charge in [-0.25, -0.2) is 4.79 Å². The third kappa shape index (κ3) is 4.71. The number of carboxylic acids is 1. The number of carboxylic acid groups (broad SMARTS) is 1. The zero-order chi connectivity index (χ0) is 14.4. The second-order valence-corrected chi connectivity index (χ2v) is 4.84. The topological polar surface area (TPSA) is 86.6 Å². The van der Waals surface area contributed by atoms with E-state index in [0.717, 1.165) is 0 Å². The lowest BCUT2D eigenvalue weighted by atomic mass is 10.0. The van der Waals surface area contributed by atoms with Crippen LogP contribution in [0.25, 0.3) is 0 Å². The molecule has 0 bridgehead atoms. The number of hydrogen-bond donors (Lipinski definition) is 3. The van der Waals surface area contributed by atoms with Crippen LogP contribution in [0.1, 0.15) is 31.9 Å². The lowest BCUT2D eigenvalue weighted by Gasteiger charge is -2.18. The minimum absolute atomic E-state index is 0.135. The van der Waals surface area contributed by atoms with Crippen LogP contribution in [0, 0.1) is 5.92 Å². The first-order valence-electron chi connectivity index (χ1n) is 6.18. The average molecular weight is 265 g/mol. The summed E-state index contributed by atoms with van der Waals surface area (Å²) in [6.45, 7) is 3.74. The van der Waals surface area contributed by atoms with Gasteiger partial charge in [0.2, 0.25) is 0 Å². The minimum atomic E-state index is -1.35. The lowest BCUT2D eigenvalue weighted by Crippen LogP contribution is -2.43. The Labute approximate surface area is 112 Å². The maximum Gasteiger partial charge on any atom is 0.326 e. The molecule has 19 heavy (non-hydrogen) atoms. The molecule has 5 nitrogen and oxygen atoms in total. The fourth-order valence-electron chi connectivity index (χ4n) is 1.73. The monoisotopic (exact) mass is 265 g/mol. The van der Waals surface area contributed by atoms with Gasteiger partial charge in [0, 0.05) is 0 Å². The zero-order valence-corrected chi connectivity index (χ0v) is 11.0. The minimum Gasteiger partial charge on any atom is -0.480 e. The number of rotatable bonds is 6. The Hall–Kier alpha value is -1.88. The predicted octanol–water partition coefficient (Wildman–Crippen LogP) is 1.34. The number of aliphatic hydroxyl groups excluding tert-OH is 1. The van der Waals surface area contributed by atoms with Gasteiger partial charge in [0.25, 0.3) is 5.91 Å². The van der Waals surface area contributed by atoms with Gasteiger partial charge in [0.15, 0.2) is 6.10 Å². The summed E-state index contributed by atoms with van der Waals surface area (Å²) in [6.07, 6.45) is -1.03. The number of benzene rings is 1. The molecule has 5 heteroatoms. The molecule has 3 N–H and O–H groups in total. The highest BCUT2D eigenvalue weighted by Crippen LogP contribution is 2.13. The molecule has 0 fully saturated rings. The molecule has 0 aromatic heterocycles. The number of nitrogens with one attached hydrogen (secondary N) is 1. The first-order chi connectivity index (χ1) is 8.91. The van der Waals surface area contributed by atoms with Crippen LogP contribution in [-0.4, -0.2) is 28.1 Å². The number of hydrogen-bond acceptors (Lipinski definition) is 3. The summed E-state index contributed by atoms with van der Waals surface area (Å²) < 4.78 is 0. The zero-order valence-electron chi connectivity index (χ0n) is 11.0. The summed E-state index contributed by atoms with van der Waals surface area (Å²) >= 11 is 0. The van der Waals surface area contributed by atoms with Crippen molar-refractivity contribution < 1.29 is 19.8 Å². The lowest BCUT2D eigenvalue weighted by molar-refractivity contribution is -0.144. The van der Waals surface area contributed by atoms with E-state index in [2.05, 4.69) is 5.32 Å². The number of aliphatic carboxylic acids is 1. The van der Waals surface area contributed by atoms with Gasteiger partial charge >= 0.3 is 5.97 Å². The van der Waals surface area contributed by atoms with Crippen molar-refractivity contribution in [2.75, 3.05) is 0 Å². The number of carbonyl (C=O) groups excluding carboxylic acids is 1. The smallest absolute Gasteiger partial charge is 0.326 e. The molecule has 1 aromatic carbocycles. The summed E-state index contributed by atoms with van der Waals surface area (Å²) in [4.78, 5) is 22.8. The number of amides is 1. The largest absolute Gasteiger partial charge is 0.480 e. The van der Waals surface area contributed by atoms with Gasteiger partial charge < -0.3 is 15.5 Å². The van der Waals surface area contributed by atoms with Crippen LogP contribution < -0.4 is 5.32 Å². The Morgan fingerprint density at radius 1 is 1.21 bits per heavy atom. The van der Waals surface area contributed by atoms with Crippen molar-refractivity contribution in [1.29, 1.82) is 0 Å². The van der Waals surface area contributed by atoms with Gasteiger partial charge in [-0.1, -0.05) is 44.2 Å². The standard InChI is InChI=1S/C14H19NO4/c1-9(2)8-11(14(18)19)15-13(17)12(16)10-6-4-3-5-7-10/h3-7,9,11-12,16H,8H2,1-2H3,(H,15,17)(H,18,19)/t11-,12+/m0/s1. The average Bonchev–Trinajstić information content (AvgIpc) is 2.37. The van der Waals surface area contributed by atoms with Crippen LogP contribution in [0.5, 0.6) is 0 Å². The van der Waals surface area contributed by atoms with E-state index in [1.807, 2.05) is 13.8 Å². The van der Waals surface area contributed by atoms with Crippen LogP contribution >= 0.6 is 0 Å². The second kappa shape index (κ2) is 6.89. The predicted molar refractivity (Wildman–Crippen MR) is 70.4 cm³/mol. The van der Waals surface area contributed by atoms with Crippen molar-refractivity contribution in [2.24, 2.45) is 5.92 Å². The second-order valence-electron chi connectivity index (χ2n) is 4.84. The van der Waals surface area contributed by atoms with E-state index in [-0.39, 0.29) is 5.92 Å². The summed E-state index contributed by atoms with van der Waals surface area (Å²) in [5.41, 5.74) is 0.439. The molecule has 0 heterocycles. The summed E-state index contributed by atoms with van der Waals surface area (Å²) in [7, 11) is 0. The highest BCUT2D eigenvalue weighted by Gasteiger charge is 2.25.